The first-order chi connectivity index (χ1) is 8.86. The Morgan fingerprint density at radius 2 is 1.72 bits per heavy atom. The van der Waals surface area contributed by atoms with Gasteiger partial charge in [0.25, 0.3) is 0 Å². The minimum atomic E-state index is 0.608. The van der Waals surface area contributed by atoms with Crippen LogP contribution >= 0.6 is 15.9 Å². The molecular weight excluding hydrogens is 294 g/mol. The van der Waals surface area contributed by atoms with E-state index in [1.54, 1.807) is 6.20 Å². The minimum absolute atomic E-state index is 0.608. The lowest BCUT2D eigenvalue weighted by Gasteiger charge is -2.08. The van der Waals surface area contributed by atoms with Crippen molar-refractivity contribution < 1.29 is 9.47 Å². The van der Waals surface area contributed by atoms with Gasteiger partial charge in [0.1, 0.15) is 10.4 Å². The van der Waals surface area contributed by atoms with Crippen LogP contribution in [0.1, 0.15) is 6.42 Å². The maximum absolute atomic E-state index is 5.59. The number of hydrogen-bond acceptors (Lipinski definition) is 3. The Morgan fingerprint density at radius 1 is 0.944 bits per heavy atom. The Labute approximate surface area is 115 Å². The summed E-state index contributed by atoms with van der Waals surface area (Å²) in [5.74, 6) is 1.65. The summed E-state index contributed by atoms with van der Waals surface area (Å²) in [6, 6.07) is 13.5. The van der Waals surface area contributed by atoms with Gasteiger partial charge in [-0.3, -0.25) is 0 Å². The lowest BCUT2D eigenvalue weighted by Crippen LogP contribution is -2.05. The zero-order chi connectivity index (χ0) is 12.6. The second-order valence-corrected chi connectivity index (χ2v) is 4.41. The van der Waals surface area contributed by atoms with E-state index in [9.17, 15) is 0 Å². The van der Waals surface area contributed by atoms with E-state index in [0.29, 0.717) is 13.2 Å². The van der Waals surface area contributed by atoms with Crippen molar-refractivity contribution in [2.45, 2.75) is 6.42 Å². The topological polar surface area (TPSA) is 31.4 Å². The number of hydrogen-bond donors (Lipinski definition) is 0. The fraction of sp³-hybridized carbons (Fsp3) is 0.214. The van der Waals surface area contributed by atoms with E-state index < -0.39 is 0 Å². The maximum Gasteiger partial charge on any atom is 0.152 e. The first kappa shape index (κ1) is 12.9. The van der Waals surface area contributed by atoms with Crippen molar-refractivity contribution in [3.8, 4) is 11.5 Å². The molecule has 2 aromatic rings. The van der Waals surface area contributed by atoms with Crippen molar-refractivity contribution >= 4 is 15.9 Å². The molecule has 1 aromatic carbocycles. The molecule has 0 bridgehead atoms. The van der Waals surface area contributed by atoms with Crippen molar-refractivity contribution in [2.24, 2.45) is 0 Å². The Bertz CT molecular complexity index is 476. The highest BCUT2D eigenvalue weighted by molar-refractivity contribution is 9.10. The minimum Gasteiger partial charge on any atom is -0.493 e. The molecule has 3 nitrogen and oxygen atoms in total. The van der Waals surface area contributed by atoms with E-state index in [1.165, 1.54) is 0 Å². The molecule has 0 aliphatic rings. The number of aromatic nitrogens is 1. The van der Waals surface area contributed by atoms with Crippen LogP contribution in [0.2, 0.25) is 0 Å². The molecular formula is C14H14BrNO2. The van der Waals surface area contributed by atoms with Crippen LogP contribution in [0.3, 0.4) is 0 Å². The second-order valence-electron chi connectivity index (χ2n) is 3.66. The predicted octanol–water partition coefficient (Wildman–Crippen LogP) is 3.69. The van der Waals surface area contributed by atoms with Crippen molar-refractivity contribution in [1.29, 1.82) is 0 Å². The van der Waals surface area contributed by atoms with Gasteiger partial charge in [0.2, 0.25) is 0 Å². The molecule has 0 atom stereocenters. The summed E-state index contributed by atoms with van der Waals surface area (Å²) in [6.07, 6.45) is 2.55. The predicted molar refractivity (Wildman–Crippen MR) is 74.0 cm³/mol. The SMILES string of the molecule is Brc1ncccc1OCCCOc1ccccc1. The van der Waals surface area contributed by atoms with E-state index in [0.717, 1.165) is 22.5 Å². The van der Waals surface area contributed by atoms with E-state index in [4.69, 9.17) is 9.47 Å². The largest absolute Gasteiger partial charge is 0.493 e. The highest BCUT2D eigenvalue weighted by atomic mass is 79.9. The highest BCUT2D eigenvalue weighted by Crippen LogP contribution is 2.21. The van der Waals surface area contributed by atoms with Gasteiger partial charge in [-0.2, -0.15) is 0 Å². The summed E-state index contributed by atoms with van der Waals surface area (Å²) in [5, 5.41) is 0. The van der Waals surface area contributed by atoms with Gasteiger partial charge in [0.05, 0.1) is 13.2 Å². The summed E-state index contributed by atoms with van der Waals surface area (Å²) in [5.41, 5.74) is 0. The van der Waals surface area contributed by atoms with Gasteiger partial charge in [0, 0.05) is 12.6 Å². The lowest BCUT2D eigenvalue weighted by atomic mass is 10.3. The molecule has 0 amide bonds. The van der Waals surface area contributed by atoms with Gasteiger partial charge in [-0.1, -0.05) is 18.2 Å². The molecule has 0 spiro atoms. The van der Waals surface area contributed by atoms with Crippen LogP contribution in [0.5, 0.6) is 11.5 Å². The fourth-order valence-electron chi connectivity index (χ4n) is 1.43. The second kappa shape index (κ2) is 7.01. The third-order valence-electron chi connectivity index (χ3n) is 2.28. The van der Waals surface area contributed by atoms with Crippen molar-refractivity contribution in [3.63, 3.8) is 0 Å². The number of nitrogens with zero attached hydrogens (tertiary/aromatic N) is 1. The summed E-state index contributed by atoms with van der Waals surface area (Å²) >= 11 is 3.33. The van der Waals surface area contributed by atoms with Crippen LogP contribution in [0.25, 0.3) is 0 Å². The first-order valence-electron chi connectivity index (χ1n) is 5.77. The van der Waals surface area contributed by atoms with Gasteiger partial charge >= 0.3 is 0 Å². The molecule has 2 rings (SSSR count). The summed E-state index contributed by atoms with van der Waals surface area (Å²) in [4.78, 5) is 4.09. The molecule has 0 aliphatic carbocycles. The van der Waals surface area contributed by atoms with Crippen molar-refractivity contribution in [3.05, 3.63) is 53.3 Å². The highest BCUT2D eigenvalue weighted by Gasteiger charge is 2.00. The zero-order valence-electron chi connectivity index (χ0n) is 9.88. The fourth-order valence-corrected chi connectivity index (χ4v) is 1.79. The van der Waals surface area contributed by atoms with Crippen LogP contribution in [-0.2, 0) is 0 Å². The average Bonchev–Trinajstić information content (AvgIpc) is 2.42. The molecule has 0 radical (unpaired) electrons. The summed E-state index contributed by atoms with van der Waals surface area (Å²) in [6.45, 7) is 1.25. The number of ether oxygens (including phenoxy) is 2. The average molecular weight is 308 g/mol. The Balaban J connectivity index is 1.66. The van der Waals surface area contributed by atoms with Gasteiger partial charge in [0.15, 0.2) is 5.75 Å². The van der Waals surface area contributed by atoms with E-state index in [1.807, 2.05) is 42.5 Å². The molecule has 0 N–H and O–H groups in total. The van der Waals surface area contributed by atoms with Gasteiger partial charge < -0.3 is 9.47 Å². The number of rotatable bonds is 6. The van der Waals surface area contributed by atoms with Crippen LogP contribution in [0, 0.1) is 0 Å². The smallest absolute Gasteiger partial charge is 0.152 e. The molecule has 1 aromatic heterocycles. The maximum atomic E-state index is 5.59. The van der Waals surface area contributed by atoms with E-state index in [2.05, 4.69) is 20.9 Å². The molecule has 18 heavy (non-hydrogen) atoms. The molecule has 0 unspecified atom stereocenters. The summed E-state index contributed by atoms with van der Waals surface area (Å²) < 4.78 is 11.9. The van der Waals surface area contributed by atoms with Gasteiger partial charge in [-0.05, 0) is 40.2 Å². The molecule has 4 heteroatoms. The van der Waals surface area contributed by atoms with Crippen LogP contribution < -0.4 is 9.47 Å². The molecule has 0 saturated carbocycles. The molecule has 0 fully saturated rings. The first-order valence-corrected chi connectivity index (χ1v) is 6.57. The van der Waals surface area contributed by atoms with Crippen LogP contribution in [0.4, 0.5) is 0 Å². The van der Waals surface area contributed by atoms with Crippen molar-refractivity contribution in [2.75, 3.05) is 13.2 Å². The summed E-state index contributed by atoms with van der Waals surface area (Å²) in [7, 11) is 0. The monoisotopic (exact) mass is 307 g/mol. The van der Waals surface area contributed by atoms with Gasteiger partial charge in [-0.15, -0.1) is 0 Å². The van der Waals surface area contributed by atoms with Gasteiger partial charge in [-0.25, -0.2) is 4.98 Å². The third-order valence-corrected chi connectivity index (χ3v) is 2.88. The molecule has 1 heterocycles. The van der Waals surface area contributed by atoms with E-state index in [-0.39, 0.29) is 0 Å². The number of pyridine rings is 1. The molecule has 0 aliphatic heterocycles. The Morgan fingerprint density at radius 3 is 2.50 bits per heavy atom. The van der Waals surface area contributed by atoms with Crippen LogP contribution in [-0.4, -0.2) is 18.2 Å². The van der Waals surface area contributed by atoms with E-state index >= 15 is 0 Å². The Hall–Kier alpha value is -1.55. The van der Waals surface area contributed by atoms with Crippen LogP contribution in [0.15, 0.2) is 53.3 Å². The lowest BCUT2D eigenvalue weighted by molar-refractivity contribution is 0.246. The number of halogens is 1. The quantitative estimate of drug-likeness (QED) is 0.602. The molecule has 0 saturated heterocycles. The normalized spacial score (nSPS) is 10.1. The standard InChI is InChI=1S/C14H14BrNO2/c15-14-13(8-4-9-16-14)18-11-5-10-17-12-6-2-1-3-7-12/h1-4,6-9H,5,10-11H2. The zero-order valence-corrected chi connectivity index (χ0v) is 11.5. The Kier molecular flexibility index (Phi) is 5.02. The molecule has 94 valence electrons. The van der Waals surface area contributed by atoms with Crippen molar-refractivity contribution in [1.82, 2.24) is 4.98 Å². The third kappa shape index (κ3) is 4.04. The number of benzene rings is 1. The number of para-hydroxylation sites is 1.